The molecule has 0 radical (unpaired) electrons. The van der Waals surface area contributed by atoms with Gasteiger partial charge in [0.2, 0.25) is 10.0 Å². The number of hydrogen-bond donors (Lipinski definition) is 2. The van der Waals surface area contributed by atoms with E-state index in [0.29, 0.717) is 18.0 Å². The van der Waals surface area contributed by atoms with Crippen molar-refractivity contribution in [1.29, 1.82) is 0 Å². The van der Waals surface area contributed by atoms with E-state index >= 15 is 0 Å². The highest BCUT2D eigenvalue weighted by molar-refractivity contribution is 7.89. The monoisotopic (exact) mass is 296 g/mol. The molecule has 1 saturated carbocycles. The van der Waals surface area contributed by atoms with E-state index in [0.717, 1.165) is 31.2 Å². The van der Waals surface area contributed by atoms with Gasteiger partial charge >= 0.3 is 0 Å². The summed E-state index contributed by atoms with van der Waals surface area (Å²) in [4.78, 5) is 0.390. The molecule has 0 atom stereocenters. The molecule has 0 unspecified atom stereocenters. The van der Waals surface area contributed by atoms with Gasteiger partial charge < -0.3 is 5.32 Å². The van der Waals surface area contributed by atoms with Crippen molar-refractivity contribution in [3.05, 3.63) is 29.8 Å². The van der Waals surface area contributed by atoms with Crippen molar-refractivity contribution in [2.24, 2.45) is 5.41 Å². The van der Waals surface area contributed by atoms with Crippen molar-refractivity contribution in [1.82, 2.24) is 10.0 Å². The molecule has 0 bridgehead atoms. The predicted octanol–water partition coefficient (Wildman–Crippen LogP) is 2.26. The smallest absolute Gasteiger partial charge is 0.240 e. The summed E-state index contributed by atoms with van der Waals surface area (Å²) >= 11 is 0. The van der Waals surface area contributed by atoms with Crippen LogP contribution >= 0.6 is 0 Å². The van der Waals surface area contributed by atoms with Crippen LogP contribution in [-0.4, -0.2) is 22.0 Å². The lowest BCUT2D eigenvalue weighted by Crippen LogP contribution is -2.31. The summed E-state index contributed by atoms with van der Waals surface area (Å²) in [6, 6.07) is 7.16. The zero-order chi connectivity index (χ0) is 14.6. The molecule has 1 aromatic carbocycles. The lowest BCUT2D eigenvalue weighted by atomic mass is 10.0. The lowest BCUT2D eigenvalue weighted by Gasteiger charge is -2.16. The summed E-state index contributed by atoms with van der Waals surface area (Å²) in [6.45, 7) is 3.27. The van der Waals surface area contributed by atoms with Crippen molar-refractivity contribution in [3.63, 3.8) is 0 Å². The van der Waals surface area contributed by atoms with Gasteiger partial charge in [0.15, 0.2) is 0 Å². The van der Waals surface area contributed by atoms with Gasteiger partial charge in [0.05, 0.1) is 4.90 Å². The van der Waals surface area contributed by atoms with E-state index in [1.165, 1.54) is 0 Å². The molecule has 1 aliphatic carbocycles. The SMILES string of the molecule is CCCC1(CNS(=O)(=O)c2ccccc2CNC)CC1. The van der Waals surface area contributed by atoms with E-state index in [1.54, 1.807) is 12.1 Å². The Morgan fingerprint density at radius 2 is 1.95 bits per heavy atom. The van der Waals surface area contributed by atoms with E-state index in [1.807, 2.05) is 19.2 Å². The van der Waals surface area contributed by atoms with Gasteiger partial charge in [-0.2, -0.15) is 0 Å². The maximum atomic E-state index is 12.5. The molecule has 112 valence electrons. The third-order valence-electron chi connectivity index (χ3n) is 4.00. The zero-order valence-corrected chi connectivity index (χ0v) is 13.1. The molecular weight excluding hydrogens is 272 g/mol. The molecule has 0 amide bonds. The van der Waals surface area contributed by atoms with E-state index in [2.05, 4.69) is 17.0 Å². The van der Waals surface area contributed by atoms with Gasteiger partial charge in [0.25, 0.3) is 0 Å². The molecule has 0 aliphatic heterocycles. The quantitative estimate of drug-likeness (QED) is 0.773. The van der Waals surface area contributed by atoms with E-state index in [-0.39, 0.29) is 5.41 Å². The van der Waals surface area contributed by atoms with Crippen LogP contribution in [0.5, 0.6) is 0 Å². The third kappa shape index (κ3) is 3.59. The van der Waals surface area contributed by atoms with Crippen LogP contribution in [0.2, 0.25) is 0 Å². The van der Waals surface area contributed by atoms with E-state index in [9.17, 15) is 8.42 Å². The summed E-state index contributed by atoms with van der Waals surface area (Å²) in [5.74, 6) is 0. The molecule has 2 rings (SSSR count). The largest absolute Gasteiger partial charge is 0.316 e. The van der Waals surface area contributed by atoms with Crippen LogP contribution in [0.3, 0.4) is 0 Å². The molecule has 1 aromatic rings. The maximum Gasteiger partial charge on any atom is 0.240 e. The second-order valence-corrected chi connectivity index (χ2v) is 7.45. The fourth-order valence-electron chi connectivity index (χ4n) is 2.65. The van der Waals surface area contributed by atoms with Crippen molar-refractivity contribution in [2.75, 3.05) is 13.6 Å². The maximum absolute atomic E-state index is 12.5. The van der Waals surface area contributed by atoms with Crippen molar-refractivity contribution < 1.29 is 8.42 Å². The minimum Gasteiger partial charge on any atom is -0.316 e. The molecule has 20 heavy (non-hydrogen) atoms. The average molecular weight is 296 g/mol. The highest BCUT2D eigenvalue weighted by Gasteiger charge is 2.42. The number of sulfonamides is 1. The molecule has 0 aromatic heterocycles. The van der Waals surface area contributed by atoms with Crippen LogP contribution in [0.4, 0.5) is 0 Å². The first kappa shape index (κ1) is 15.5. The van der Waals surface area contributed by atoms with Crippen LogP contribution in [0.15, 0.2) is 29.2 Å². The normalized spacial score (nSPS) is 17.1. The van der Waals surface area contributed by atoms with E-state index < -0.39 is 10.0 Å². The molecule has 2 N–H and O–H groups in total. The fraction of sp³-hybridized carbons (Fsp3) is 0.600. The minimum absolute atomic E-state index is 0.222. The van der Waals surface area contributed by atoms with Gasteiger partial charge in [0.1, 0.15) is 0 Å². The first-order valence-electron chi connectivity index (χ1n) is 7.25. The zero-order valence-electron chi connectivity index (χ0n) is 12.3. The van der Waals surface area contributed by atoms with Crippen molar-refractivity contribution in [2.45, 2.75) is 44.0 Å². The first-order chi connectivity index (χ1) is 9.53. The van der Waals surface area contributed by atoms with Crippen LogP contribution in [-0.2, 0) is 16.6 Å². The predicted molar refractivity (Wildman–Crippen MR) is 81.0 cm³/mol. The Morgan fingerprint density at radius 1 is 1.25 bits per heavy atom. The minimum atomic E-state index is -3.41. The van der Waals surface area contributed by atoms with Gasteiger partial charge in [-0.25, -0.2) is 13.1 Å². The second kappa shape index (κ2) is 6.24. The number of rotatable bonds is 8. The highest BCUT2D eigenvalue weighted by Crippen LogP contribution is 2.49. The van der Waals surface area contributed by atoms with Crippen LogP contribution < -0.4 is 10.0 Å². The van der Waals surface area contributed by atoms with Gasteiger partial charge in [0, 0.05) is 13.1 Å². The number of nitrogens with one attached hydrogen (secondary N) is 2. The molecule has 0 saturated heterocycles. The van der Waals surface area contributed by atoms with Crippen LogP contribution in [0.1, 0.15) is 38.2 Å². The van der Waals surface area contributed by atoms with Crippen molar-refractivity contribution in [3.8, 4) is 0 Å². The molecular formula is C15H24N2O2S. The number of hydrogen-bond acceptors (Lipinski definition) is 3. The Hall–Kier alpha value is -0.910. The van der Waals surface area contributed by atoms with E-state index in [4.69, 9.17) is 0 Å². The standard InChI is InChI=1S/C15H24N2O2S/c1-3-8-15(9-10-15)12-17-20(18,19)14-7-5-4-6-13(14)11-16-2/h4-7,16-17H,3,8-12H2,1-2H3. The summed E-state index contributed by atoms with van der Waals surface area (Å²) in [7, 11) is -1.60. The third-order valence-corrected chi connectivity index (χ3v) is 5.51. The number of benzene rings is 1. The van der Waals surface area contributed by atoms with Gasteiger partial charge in [-0.1, -0.05) is 31.5 Å². The topological polar surface area (TPSA) is 58.2 Å². The average Bonchev–Trinajstić information content (AvgIpc) is 3.18. The van der Waals surface area contributed by atoms with Gasteiger partial charge in [-0.3, -0.25) is 0 Å². The molecule has 0 heterocycles. The first-order valence-corrected chi connectivity index (χ1v) is 8.73. The summed E-state index contributed by atoms with van der Waals surface area (Å²) in [6.07, 6.45) is 4.49. The van der Waals surface area contributed by atoms with Gasteiger partial charge in [-0.05, 0) is 43.4 Å². The Labute approximate surface area is 122 Å². The summed E-state index contributed by atoms with van der Waals surface area (Å²) in [5, 5.41) is 3.01. The Bertz CT molecular complexity index is 551. The summed E-state index contributed by atoms with van der Waals surface area (Å²) in [5.41, 5.74) is 1.03. The Kier molecular flexibility index (Phi) is 4.83. The highest BCUT2D eigenvalue weighted by atomic mass is 32.2. The fourth-order valence-corrected chi connectivity index (χ4v) is 4.05. The van der Waals surface area contributed by atoms with Crippen LogP contribution in [0.25, 0.3) is 0 Å². The molecule has 4 nitrogen and oxygen atoms in total. The van der Waals surface area contributed by atoms with Crippen LogP contribution in [0, 0.1) is 5.41 Å². The van der Waals surface area contributed by atoms with Gasteiger partial charge in [-0.15, -0.1) is 0 Å². The molecule has 1 aliphatic rings. The molecule has 0 spiro atoms. The Morgan fingerprint density at radius 3 is 2.55 bits per heavy atom. The Balaban J connectivity index is 2.10. The van der Waals surface area contributed by atoms with Crippen molar-refractivity contribution >= 4 is 10.0 Å². The summed E-state index contributed by atoms with van der Waals surface area (Å²) < 4.78 is 27.7. The lowest BCUT2D eigenvalue weighted by molar-refractivity contribution is 0.449. The molecule has 1 fully saturated rings. The second-order valence-electron chi connectivity index (χ2n) is 5.71. The molecule has 5 heteroatoms.